The molecule has 2 N–H and O–H groups in total. The topological polar surface area (TPSA) is 135 Å². The number of carbonyl (C=O) groups is 2. The van der Waals surface area contributed by atoms with E-state index in [0.29, 0.717) is 11.3 Å². The normalized spacial score (nSPS) is 18.0. The number of carboxylic acid groups (broad SMARTS) is 1. The fourth-order valence-corrected chi connectivity index (χ4v) is 3.65. The van der Waals surface area contributed by atoms with E-state index in [9.17, 15) is 24.9 Å². The first kappa shape index (κ1) is 20.2. The third kappa shape index (κ3) is 4.66. The zero-order valence-electron chi connectivity index (χ0n) is 15.2. The van der Waals surface area contributed by atoms with Gasteiger partial charge in [0.25, 0.3) is 0 Å². The van der Waals surface area contributed by atoms with Crippen molar-refractivity contribution >= 4 is 40.7 Å². The number of hydrogen-bond acceptors (Lipinski definition) is 9. The van der Waals surface area contributed by atoms with Crippen LogP contribution >= 0.6 is 11.8 Å². The number of benzene rings is 2. The predicted molar refractivity (Wildman–Crippen MR) is 106 cm³/mol. The summed E-state index contributed by atoms with van der Waals surface area (Å²) in [6, 6.07) is 10.4. The van der Waals surface area contributed by atoms with Crippen molar-refractivity contribution in [1.82, 2.24) is 0 Å². The minimum absolute atomic E-state index is 0.0171. The summed E-state index contributed by atoms with van der Waals surface area (Å²) in [6.45, 7) is 0. The van der Waals surface area contributed by atoms with E-state index in [4.69, 9.17) is 4.74 Å². The van der Waals surface area contributed by atoms with Gasteiger partial charge in [-0.15, -0.1) is 5.10 Å². The molecule has 29 heavy (non-hydrogen) atoms. The molecule has 0 aromatic heterocycles. The number of methoxy groups -OCH3 is 1. The molecule has 1 amide bonds. The molecule has 1 fully saturated rings. The lowest BCUT2D eigenvalue weighted by Crippen LogP contribution is -2.35. The zero-order chi connectivity index (χ0) is 21.0. The lowest BCUT2D eigenvalue weighted by molar-refractivity contribution is -0.305. The molecule has 3 rings (SSSR count). The SMILES string of the molecule is COc1cc(/C=N/N=C2\S[C@H](CC(=O)[O-])C(=O)N2c2ccc(O)cc2)ccc1O. The van der Waals surface area contributed by atoms with Crippen LogP contribution < -0.4 is 14.7 Å². The van der Waals surface area contributed by atoms with Crippen LogP contribution in [0.15, 0.2) is 52.7 Å². The van der Waals surface area contributed by atoms with Crippen molar-refractivity contribution in [1.29, 1.82) is 0 Å². The van der Waals surface area contributed by atoms with Crippen LogP contribution in [0.25, 0.3) is 0 Å². The number of amidine groups is 1. The van der Waals surface area contributed by atoms with E-state index in [-0.39, 0.29) is 22.4 Å². The Hall–Kier alpha value is -3.53. The number of phenolic OH excluding ortho intramolecular Hbond substituents is 2. The summed E-state index contributed by atoms with van der Waals surface area (Å²) in [4.78, 5) is 24.9. The van der Waals surface area contributed by atoms with Crippen LogP contribution in [-0.4, -0.2) is 45.8 Å². The van der Waals surface area contributed by atoms with E-state index in [1.165, 1.54) is 48.6 Å². The Morgan fingerprint density at radius 1 is 1.28 bits per heavy atom. The average Bonchev–Trinajstić information content (AvgIpc) is 2.98. The second-order valence-corrected chi connectivity index (χ2v) is 7.10. The van der Waals surface area contributed by atoms with Gasteiger partial charge in [0.15, 0.2) is 16.7 Å². The third-order valence-corrected chi connectivity index (χ3v) is 5.08. The molecule has 150 valence electrons. The first-order chi connectivity index (χ1) is 13.9. The Balaban J connectivity index is 1.89. The molecule has 10 heteroatoms. The number of amides is 1. The highest BCUT2D eigenvalue weighted by Gasteiger charge is 2.39. The van der Waals surface area contributed by atoms with Crippen LogP contribution in [0.5, 0.6) is 17.2 Å². The predicted octanol–water partition coefficient (Wildman–Crippen LogP) is 1.08. The number of nitrogens with zero attached hydrogens (tertiary/aromatic N) is 3. The smallest absolute Gasteiger partial charge is 0.247 e. The van der Waals surface area contributed by atoms with Gasteiger partial charge in [0, 0.05) is 12.4 Å². The third-order valence-electron chi connectivity index (χ3n) is 3.95. The van der Waals surface area contributed by atoms with Crippen molar-refractivity contribution in [2.45, 2.75) is 11.7 Å². The molecule has 0 radical (unpaired) electrons. The first-order valence-corrected chi connectivity index (χ1v) is 9.24. The van der Waals surface area contributed by atoms with Gasteiger partial charge in [-0.2, -0.15) is 5.10 Å². The van der Waals surface area contributed by atoms with E-state index in [2.05, 4.69) is 10.2 Å². The van der Waals surface area contributed by atoms with Gasteiger partial charge < -0.3 is 24.9 Å². The number of anilines is 1. The molecule has 2 aromatic carbocycles. The highest BCUT2D eigenvalue weighted by atomic mass is 32.2. The summed E-state index contributed by atoms with van der Waals surface area (Å²) in [6.07, 6.45) is 0.942. The summed E-state index contributed by atoms with van der Waals surface area (Å²) >= 11 is 0.964. The number of ether oxygens (including phenoxy) is 1. The van der Waals surface area contributed by atoms with Crippen molar-refractivity contribution in [2.75, 3.05) is 12.0 Å². The van der Waals surface area contributed by atoms with E-state index in [0.717, 1.165) is 11.8 Å². The number of hydrogen-bond donors (Lipinski definition) is 2. The molecular weight excluding hydrogens is 398 g/mol. The Morgan fingerprint density at radius 3 is 2.66 bits per heavy atom. The first-order valence-electron chi connectivity index (χ1n) is 8.36. The fourth-order valence-electron chi connectivity index (χ4n) is 2.58. The number of rotatable bonds is 6. The summed E-state index contributed by atoms with van der Waals surface area (Å²) in [7, 11) is 1.42. The molecule has 2 aromatic rings. The largest absolute Gasteiger partial charge is 0.550 e. The van der Waals surface area contributed by atoms with Crippen molar-refractivity contribution < 1.29 is 29.6 Å². The molecule has 0 bridgehead atoms. The molecule has 1 aliphatic rings. The number of thioether (sulfide) groups is 1. The maximum absolute atomic E-state index is 12.7. The second kappa shape index (κ2) is 8.65. The van der Waals surface area contributed by atoms with Gasteiger partial charge in [-0.1, -0.05) is 11.8 Å². The zero-order valence-corrected chi connectivity index (χ0v) is 16.0. The van der Waals surface area contributed by atoms with Gasteiger partial charge in [-0.3, -0.25) is 9.69 Å². The molecule has 1 aliphatic heterocycles. The fraction of sp³-hybridized carbons (Fsp3) is 0.158. The maximum Gasteiger partial charge on any atom is 0.247 e. The van der Waals surface area contributed by atoms with Crippen molar-refractivity contribution in [2.24, 2.45) is 10.2 Å². The molecule has 0 aliphatic carbocycles. The highest BCUT2D eigenvalue weighted by Crippen LogP contribution is 2.34. The molecule has 0 spiro atoms. The summed E-state index contributed by atoms with van der Waals surface area (Å²) in [5, 5.41) is 37.4. The lowest BCUT2D eigenvalue weighted by atomic mass is 10.2. The average molecular weight is 414 g/mol. The Labute approximate surface area is 170 Å². The van der Waals surface area contributed by atoms with Crippen LogP contribution in [0.2, 0.25) is 0 Å². The minimum Gasteiger partial charge on any atom is -0.550 e. The number of phenols is 2. The van der Waals surface area contributed by atoms with Crippen LogP contribution in [0.3, 0.4) is 0 Å². The van der Waals surface area contributed by atoms with Gasteiger partial charge in [0.2, 0.25) is 5.91 Å². The van der Waals surface area contributed by atoms with Crippen molar-refractivity contribution in [3.8, 4) is 17.2 Å². The quantitative estimate of drug-likeness (QED) is 0.533. The van der Waals surface area contributed by atoms with Gasteiger partial charge in [0.05, 0.1) is 24.3 Å². The van der Waals surface area contributed by atoms with Gasteiger partial charge in [0.1, 0.15) is 5.75 Å². The minimum atomic E-state index is -1.34. The van der Waals surface area contributed by atoms with Crippen molar-refractivity contribution in [3.63, 3.8) is 0 Å². The molecule has 0 saturated carbocycles. The van der Waals surface area contributed by atoms with Crippen LogP contribution in [0.4, 0.5) is 5.69 Å². The number of aliphatic carboxylic acids is 1. The molecule has 1 heterocycles. The van der Waals surface area contributed by atoms with E-state index in [1.54, 1.807) is 12.1 Å². The second-order valence-electron chi connectivity index (χ2n) is 5.93. The monoisotopic (exact) mass is 414 g/mol. The van der Waals surface area contributed by atoms with Crippen LogP contribution in [-0.2, 0) is 9.59 Å². The number of carbonyl (C=O) groups excluding carboxylic acids is 2. The molecule has 1 saturated heterocycles. The lowest BCUT2D eigenvalue weighted by Gasteiger charge is -2.16. The van der Waals surface area contributed by atoms with Gasteiger partial charge in [-0.25, -0.2) is 0 Å². The summed E-state index contributed by atoms with van der Waals surface area (Å²) in [5.41, 5.74) is 1.02. The number of aromatic hydroxyl groups is 2. The summed E-state index contributed by atoms with van der Waals surface area (Å²) < 4.78 is 5.03. The van der Waals surface area contributed by atoms with Gasteiger partial charge >= 0.3 is 0 Å². The molecule has 0 unspecified atom stereocenters. The Morgan fingerprint density at radius 2 is 2.00 bits per heavy atom. The molecule has 1 atom stereocenters. The Kier molecular flexibility index (Phi) is 6.03. The van der Waals surface area contributed by atoms with Crippen LogP contribution in [0, 0.1) is 0 Å². The highest BCUT2D eigenvalue weighted by molar-refractivity contribution is 8.16. The van der Waals surface area contributed by atoms with E-state index in [1.807, 2.05) is 0 Å². The standard InChI is InChI=1S/C19H17N3O6S/c1-28-15-8-11(2-7-14(15)24)10-20-21-19-22(12-3-5-13(23)6-4-12)18(27)16(29-19)9-17(25)26/h2-8,10,16,23-24H,9H2,1H3,(H,25,26)/p-1/b20-10+,21-19-/t16-/m1/s1. The van der Waals surface area contributed by atoms with E-state index < -0.39 is 23.5 Å². The molecule has 9 nitrogen and oxygen atoms in total. The summed E-state index contributed by atoms with van der Waals surface area (Å²) in [5.74, 6) is -1.53. The van der Waals surface area contributed by atoms with Crippen molar-refractivity contribution in [3.05, 3.63) is 48.0 Å². The van der Waals surface area contributed by atoms with Crippen LogP contribution in [0.1, 0.15) is 12.0 Å². The van der Waals surface area contributed by atoms with Gasteiger partial charge in [-0.05, 0) is 48.0 Å². The number of carboxylic acids is 1. The Bertz CT molecular complexity index is 990. The van der Waals surface area contributed by atoms with E-state index >= 15 is 0 Å². The maximum atomic E-state index is 12.7. The molecular formula is C19H16N3O6S-.